The summed E-state index contributed by atoms with van der Waals surface area (Å²) in [5, 5.41) is 9.76. The Morgan fingerprint density at radius 3 is 2.16 bits per heavy atom. The van der Waals surface area contributed by atoms with Crippen molar-refractivity contribution in [3.63, 3.8) is 0 Å². The second-order valence-electron chi connectivity index (χ2n) is 5.49. The van der Waals surface area contributed by atoms with Crippen LogP contribution < -0.4 is 0 Å². The van der Waals surface area contributed by atoms with E-state index in [9.17, 15) is 0 Å². The quantitative estimate of drug-likeness (QED) is 0.495. The Bertz CT molecular complexity index is 937. The molecule has 2 heterocycles. The van der Waals surface area contributed by atoms with Crippen LogP contribution in [0.2, 0.25) is 0 Å². The van der Waals surface area contributed by atoms with E-state index < -0.39 is 0 Å². The first-order valence-electron chi connectivity index (χ1n) is 8.00. The summed E-state index contributed by atoms with van der Waals surface area (Å²) in [6.45, 7) is 0. The van der Waals surface area contributed by atoms with Gasteiger partial charge in [-0.2, -0.15) is 0 Å². The molecule has 0 aliphatic carbocycles. The summed E-state index contributed by atoms with van der Waals surface area (Å²) < 4.78 is 2.10. The molecule has 0 amide bonds. The van der Waals surface area contributed by atoms with Gasteiger partial charge in [0.15, 0.2) is 11.0 Å². The molecule has 122 valence electrons. The molecule has 0 radical (unpaired) electrons. The summed E-state index contributed by atoms with van der Waals surface area (Å²) in [7, 11) is 0. The van der Waals surface area contributed by atoms with Crippen molar-refractivity contribution in [2.24, 2.45) is 0 Å². The Balaban J connectivity index is 1.73. The van der Waals surface area contributed by atoms with Gasteiger partial charge >= 0.3 is 0 Å². The van der Waals surface area contributed by atoms with Gasteiger partial charge in [0, 0.05) is 29.4 Å². The number of nitrogens with zero attached hydrogens (tertiary/aromatic N) is 4. The third-order valence-corrected chi connectivity index (χ3v) is 4.80. The smallest absolute Gasteiger partial charge is 0.196 e. The van der Waals surface area contributed by atoms with Gasteiger partial charge in [0.1, 0.15) is 0 Å². The molecule has 4 rings (SSSR count). The van der Waals surface area contributed by atoms with E-state index in [1.807, 2.05) is 36.4 Å². The molecule has 5 heteroatoms. The molecule has 0 fully saturated rings. The number of benzene rings is 2. The molecule has 0 spiro atoms. The van der Waals surface area contributed by atoms with Crippen molar-refractivity contribution in [3.05, 3.63) is 90.8 Å². The van der Waals surface area contributed by atoms with Gasteiger partial charge in [0.2, 0.25) is 0 Å². The first kappa shape index (κ1) is 15.6. The van der Waals surface area contributed by atoms with Crippen molar-refractivity contribution >= 4 is 11.8 Å². The van der Waals surface area contributed by atoms with Gasteiger partial charge in [-0.25, -0.2) is 0 Å². The van der Waals surface area contributed by atoms with Gasteiger partial charge in [-0.05, 0) is 29.8 Å². The molecule has 4 aromatic rings. The normalized spacial score (nSPS) is 10.7. The monoisotopic (exact) mass is 344 g/mol. The number of para-hydroxylation sites is 1. The Labute approximate surface area is 150 Å². The molecule has 0 unspecified atom stereocenters. The van der Waals surface area contributed by atoms with Crippen LogP contribution in [-0.4, -0.2) is 19.7 Å². The maximum Gasteiger partial charge on any atom is 0.196 e. The van der Waals surface area contributed by atoms with Gasteiger partial charge in [-0.3, -0.25) is 9.55 Å². The summed E-state index contributed by atoms with van der Waals surface area (Å²) in [5.41, 5.74) is 3.31. The predicted molar refractivity (Wildman–Crippen MR) is 101 cm³/mol. The van der Waals surface area contributed by atoms with E-state index >= 15 is 0 Å². The highest BCUT2D eigenvalue weighted by atomic mass is 32.2. The third-order valence-electron chi connectivity index (χ3n) is 3.80. The molecule has 0 aliphatic rings. The zero-order chi connectivity index (χ0) is 16.9. The van der Waals surface area contributed by atoms with E-state index in [0.717, 1.165) is 28.0 Å². The van der Waals surface area contributed by atoms with Crippen molar-refractivity contribution in [2.75, 3.05) is 0 Å². The summed E-state index contributed by atoms with van der Waals surface area (Å²) in [6.07, 6.45) is 3.55. The Kier molecular flexibility index (Phi) is 4.57. The van der Waals surface area contributed by atoms with Gasteiger partial charge < -0.3 is 0 Å². The average molecular weight is 344 g/mol. The maximum absolute atomic E-state index is 4.44. The molecule has 0 N–H and O–H groups in total. The largest absolute Gasteiger partial charge is 0.270 e. The SMILES string of the molecule is c1ccc(CSc2nnc(-c3ccncc3)n2-c2ccccc2)cc1. The molecule has 0 aliphatic heterocycles. The lowest BCUT2D eigenvalue weighted by Gasteiger charge is -2.10. The van der Waals surface area contributed by atoms with E-state index in [1.54, 1.807) is 24.2 Å². The van der Waals surface area contributed by atoms with Crippen molar-refractivity contribution in [3.8, 4) is 17.1 Å². The van der Waals surface area contributed by atoms with Crippen LogP contribution in [0.3, 0.4) is 0 Å². The number of thioether (sulfide) groups is 1. The van der Waals surface area contributed by atoms with E-state index in [-0.39, 0.29) is 0 Å². The first-order chi connectivity index (χ1) is 12.4. The van der Waals surface area contributed by atoms with Crippen LogP contribution in [0.4, 0.5) is 0 Å². The number of hydrogen-bond donors (Lipinski definition) is 0. The molecular weight excluding hydrogens is 328 g/mol. The highest BCUT2D eigenvalue weighted by Crippen LogP contribution is 2.29. The fourth-order valence-electron chi connectivity index (χ4n) is 2.58. The van der Waals surface area contributed by atoms with Crippen molar-refractivity contribution in [1.82, 2.24) is 19.7 Å². The van der Waals surface area contributed by atoms with Crippen LogP contribution in [0.1, 0.15) is 5.56 Å². The zero-order valence-electron chi connectivity index (χ0n) is 13.5. The molecule has 0 saturated heterocycles. The molecule has 2 aromatic carbocycles. The standard InChI is InChI=1S/C20H16N4S/c1-3-7-16(8-4-1)15-25-20-23-22-19(17-11-13-21-14-12-17)24(20)18-9-5-2-6-10-18/h1-14H,15H2. The molecular formula is C20H16N4S. The molecule has 0 bridgehead atoms. The summed E-state index contributed by atoms with van der Waals surface area (Å²) in [4.78, 5) is 4.09. The van der Waals surface area contributed by atoms with Gasteiger partial charge in [-0.1, -0.05) is 60.3 Å². The minimum Gasteiger partial charge on any atom is -0.270 e. The van der Waals surface area contributed by atoms with Crippen molar-refractivity contribution in [1.29, 1.82) is 0 Å². The lowest BCUT2D eigenvalue weighted by atomic mass is 10.2. The highest BCUT2D eigenvalue weighted by molar-refractivity contribution is 7.98. The van der Waals surface area contributed by atoms with Crippen LogP contribution in [0.5, 0.6) is 0 Å². The zero-order valence-corrected chi connectivity index (χ0v) is 14.3. The molecule has 0 saturated carbocycles. The number of pyridine rings is 1. The van der Waals surface area contributed by atoms with Crippen LogP contribution in [0.25, 0.3) is 17.1 Å². The van der Waals surface area contributed by atoms with Gasteiger partial charge in [0.25, 0.3) is 0 Å². The van der Waals surface area contributed by atoms with Crippen LogP contribution in [0.15, 0.2) is 90.3 Å². The van der Waals surface area contributed by atoms with Crippen LogP contribution in [0, 0.1) is 0 Å². The fraction of sp³-hybridized carbons (Fsp3) is 0.0500. The second kappa shape index (κ2) is 7.32. The maximum atomic E-state index is 4.44. The predicted octanol–water partition coefficient (Wildman–Crippen LogP) is 4.62. The number of rotatable bonds is 5. The molecule has 4 nitrogen and oxygen atoms in total. The Hall–Kier alpha value is -2.92. The van der Waals surface area contributed by atoms with E-state index in [1.165, 1.54) is 5.56 Å². The average Bonchev–Trinajstić information content (AvgIpc) is 3.12. The van der Waals surface area contributed by atoms with Crippen LogP contribution in [-0.2, 0) is 5.75 Å². The van der Waals surface area contributed by atoms with Crippen LogP contribution >= 0.6 is 11.8 Å². The Morgan fingerprint density at radius 2 is 1.44 bits per heavy atom. The Morgan fingerprint density at radius 1 is 0.760 bits per heavy atom. The summed E-state index contributed by atoms with van der Waals surface area (Å²) in [6, 6.07) is 24.5. The fourth-order valence-corrected chi connectivity index (χ4v) is 3.49. The topological polar surface area (TPSA) is 43.6 Å². The van der Waals surface area contributed by atoms with Gasteiger partial charge in [0.05, 0.1) is 0 Å². The second-order valence-corrected chi connectivity index (χ2v) is 6.43. The molecule has 2 aromatic heterocycles. The summed E-state index contributed by atoms with van der Waals surface area (Å²) >= 11 is 1.68. The minimum absolute atomic E-state index is 0.823. The lowest BCUT2D eigenvalue weighted by Crippen LogP contribution is -1.99. The molecule has 0 atom stereocenters. The van der Waals surface area contributed by atoms with Crippen molar-refractivity contribution in [2.45, 2.75) is 10.9 Å². The molecule has 25 heavy (non-hydrogen) atoms. The lowest BCUT2D eigenvalue weighted by molar-refractivity contribution is 0.886. The van der Waals surface area contributed by atoms with E-state index in [2.05, 4.69) is 56.1 Å². The first-order valence-corrected chi connectivity index (χ1v) is 8.98. The van der Waals surface area contributed by atoms with Gasteiger partial charge in [-0.15, -0.1) is 10.2 Å². The third kappa shape index (κ3) is 3.46. The van der Waals surface area contributed by atoms with E-state index in [4.69, 9.17) is 0 Å². The van der Waals surface area contributed by atoms with E-state index in [0.29, 0.717) is 0 Å². The highest BCUT2D eigenvalue weighted by Gasteiger charge is 2.15. The summed E-state index contributed by atoms with van der Waals surface area (Å²) in [5.74, 6) is 1.67. The number of aromatic nitrogens is 4. The minimum atomic E-state index is 0.823. The number of hydrogen-bond acceptors (Lipinski definition) is 4. The van der Waals surface area contributed by atoms with Crippen molar-refractivity contribution < 1.29 is 0 Å².